The van der Waals surface area contributed by atoms with E-state index in [0.29, 0.717) is 33.6 Å². The number of furan rings is 1. The highest BCUT2D eigenvalue weighted by Gasteiger charge is 2.14. The fourth-order valence-electron chi connectivity index (χ4n) is 3.04. The molecule has 0 saturated carbocycles. The van der Waals surface area contributed by atoms with E-state index in [1.807, 2.05) is 13.0 Å². The Labute approximate surface area is 195 Å². The number of nitrogens with one attached hydrogen (secondary N) is 2. The Balaban J connectivity index is 1.35. The topological polar surface area (TPSA) is 98.4 Å². The number of carbonyl (C=O) groups excluding carboxylic acids is 2. The van der Waals surface area contributed by atoms with Crippen molar-refractivity contribution in [2.75, 3.05) is 10.6 Å². The van der Waals surface area contributed by atoms with Gasteiger partial charge in [-0.1, -0.05) is 17.7 Å². The van der Waals surface area contributed by atoms with Gasteiger partial charge < -0.3 is 19.8 Å². The minimum atomic E-state index is -0.420. The summed E-state index contributed by atoms with van der Waals surface area (Å²) < 4.78 is 12.9. The van der Waals surface area contributed by atoms with Crippen LogP contribution in [0.3, 0.4) is 0 Å². The summed E-state index contributed by atoms with van der Waals surface area (Å²) in [6.07, 6.45) is 1.69. The molecule has 2 aromatic heterocycles. The van der Waals surface area contributed by atoms with Gasteiger partial charge in [-0.05, 0) is 67.1 Å². The predicted molar refractivity (Wildman–Crippen MR) is 125 cm³/mol. The molecule has 0 fully saturated rings. The first-order valence-electron chi connectivity index (χ1n) is 10.1. The van der Waals surface area contributed by atoms with Crippen LogP contribution in [0, 0.1) is 6.92 Å². The lowest BCUT2D eigenvalue weighted by Gasteiger charge is -2.08. The number of nitrogens with zero attached hydrogens (tertiary/aromatic N) is 2. The van der Waals surface area contributed by atoms with Crippen LogP contribution in [0.5, 0.6) is 5.75 Å². The summed E-state index contributed by atoms with van der Waals surface area (Å²) in [6.45, 7) is 2.06. The van der Waals surface area contributed by atoms with Crippen molar-refractivity contribution >= 4 is 34.8 Å². The van der Waals surface area contributed by atoms with E-state index in [4.69, 9.17) is 20.8 Å². The van der Waals surface area contributed by atoms with Gasteiger partial charge in [0.15, 0.2) is 11.5 Å². The number of rotatable bonds is 7. The molecule has 0 bridgehead atoms. The second kappa shape index (κ2) is 9.62. The average Bonchev–Trinajstić information content (AvgIpc) is 3.44. The smallest absolute Gasteiger partial charge is 0.291 e. The van der Waals surface area contributed by atoms with Crippen molar-refractivity contribution in [1.29, 1.82) is 0 Å². The van der Waals surface area contributed by atoms with Crippen LogP contribution in [0.4, 0.5) is 11.4 Å². The fraction of sp³-hybridized carbons (Fsp3) is 0.125. The van der Waals surface area contributed by atoms with E-state index < -0.39 is 5.91 Å². The maximum atomic E-state index is 12.6. The zero-order valence-electron chi connectivity index (χ0n) is 18.0. The molecule has 0 aliphatic rings. The van der Waals surface area contributed by atoms with Gasteiger partial charge >= 0.3 is 0 Å². The molecule has 0 radical (unpaired) electrons. The second-order valence-corrected chi connectivity index (χ2v) is 7.74. The lowest BCUT2D eigenvalue weighted by Crippen LogP contribution is -2.14. The van der Waals surface area contributed by atoms with Gasteiger partial charge in [0.05, 0.1) is 0 Å². The van der Waals surface area contributed by atoms with Gasteiger partial charge in [-0.3, -0.25) is 14.3 Å². The number of amides is 2. The number of aromatic nitrogens is 2. The predicted octanol–water partition coefficient (Wildman–Crippen LogP) is 5.06. The molecule has 0 atom stereocenters. The van der Waals surface area contributed by atoms with E-state index in [1.165, 1.54) is 0 Å². The van der Waals surface area contributed by atoms with Crippen LogP contribution >= 0.6 is 11.6 Å². The second-order valence-electron chi connectivity index (χ2n) is 7.33. The summed E-state index contributed by atoms with van der Waals surface area (Å²) in [6, 6.07) is 17.0. The summed E-state index contributed by atoms with van der Waals surface area (Å²) in [5, 5.41) is 10.2. The highest BCUT2D eigenvalue weighted by Crippen LogP contribution is 2.22. The zero-order valence-corrected chi connectivity index (χ0v) is 18.7. The molecule has 4 rings (SSSR count). The Morgan fingerprint density at radius 2 is 1.79 bits per heavy atom. The molecular formula is C24H21ClN4O4. The number of benzene rings is 2. The van der Waals surface area contributed by atoms with Crippen molar-refractivity contribution in [3.05, 3.63) is 94.7 Å². The quantitative estimate of drug-likeness (QED) is 0.398. The lowest BCUT2D eigenvalue weighted by molar-refractivity contribution is 0.0991. The number of aryl methyl sites for hydroxylation is 2. The highest BCUT2D eigenvalue weighted by atomic mass is 35.5. The summed E-state index contributed by atoms with van der Waals surface area (Å²) in [5.41, 5.74) is 2.23. The Morgan fingerprint density at radius 1 is 1.03 bits per heavy atom. The van der Waals surface area contributed by atoms with Gasteiger partial charge in [0.2, 0.25) is 0 Å². The van der Waals surface area contributed by atoms with Crippen LogP contribution in [0.1, 0.15) is 32.4 Å². The van der Waals surface area contributed by atoms with E-state index in [1.54, 1.807) is 72.5 Å². The highest BCUT2D eigenvalue weighted by molar-refractivity contribution is 6.31. The van der Waals surface area contributed by atoms with Gasteiger partial charge in [-0.2, -0.15) is 5.10 Å². The fourth-order valence-corrected chi connectivity index (χ4v) is 3.16. The molecule has 2 heterocycles. The van der Waals surface area contributed by atoms with E-state index in [2.05, 4.69) is 15.7 Å². The van der Waals surface area contributed by atoms with Crippen LogP contribution in [0.15, 0.2) is 71.3 Å². The van der Waals surface area contributed by atoms with Gasteiger partial charge in [0, 0.05) is 29.6 Å². The van der Waals surface area contributed by atoms with E-state index >= 15 is 0 Å². The molecule has 0 aliphatic heterocycles. The maximum absolute atomic E-state index is 12.6. The van der Waals surface area contributed by atoms with Crippen molar-refractivity contribution in [2.24, 2.45) is 7.05 Å². The number of halogens is 1. The molecule has 2 N–H and O–H groups in total. The van der Waals surface area contributed by atoms with Crippen LogP contribution in [0.25, 0.3) is 0 Å². The van der Waals surface area contributed by atoms with E-state index in [0.717, 1.165) is 5.56 Å². The van der Waals surface area contributed by atoms with Crippen molar-refractivity contribution < 1.29 is 18.7 Å². The van der Waals surface area contributed by atoms with Crippen molar-refractivity contribution in [1.82, 2.24) is 9.78 Å². The third kappa shape index (κ3) is 5.61. The summed E-state index contributed by atoms with van der Waals surface area (Å²) >= 11 is 6.02. The Morgan fingerprint density at radius 3 is 2.48 bits per heavy atom. The Kier molecular flexibility index (Phi) is 6.46. The number of hydrogen-bond donors (Lipinski definition) is 2. The van der Waals surface area contributed by atoms with Crippen molar-refractivity contribution in [3.63, 3.8) is 0 Å². The molecular weight excluding hydrogens is 444 g/mol. The molecule has 2 aromatic carbocycles. The van der Waals surface area contributed by atoms with Crippen LogP contribution < -0.4 is 15.4 Å². The van der Waals surface area contributed by atoms with Gasteiger partial charge in [0.1, 0.15) is 18.1 Å². The summed E-state index contributed by atoms with van der Waals surface area (Å²) in [4.78, 5) is 24.9. The maximum Gasteiger partial charge on any atom is 0.291 e. The zero-order chi connectivity index (χ0) is 23.4. The molecule has 0 spiro atoms. The molecule has 4 aromatic rings. The summed E-state index contributed by atoms with van der Waals surface area (Å²) in [7, 11) is 1.73. The third-order valence-electron chi connectivity index (χ3n) is 4.72. The first-order valence-corrected chi connectivity index (χ1v) is 10.5. The molecule has 9 heteroatoms. The molecule has 0 saturated heterocycles. The number of anilines is 2. The van der Waals surface area contributed by atoms with Crippen LogP contribution in [0.2, 0.25) is 5.02 Å². The van der Waals surface area contributed by atoms with E-state index in [9.17, 15) is 9.59 Å². The van der Waals surface area contributed by atoms with Gasteiger partial charge in [-0.15, -0.1) is 0 Å². The minimum Gasteiger partial charge on any atom is -0.486 e. The van der Waals surface area contributed by atoms with Crippen molar-refractivity contribution in [3.8, 4) is 5.75 Å². The van der Waals surface area contributed by atoms with Gasteiger partial charge in [-0.25, -0.2) is 0 Å². The molecule has 0 aliphatic carbocycles. The Bertz CT molecular complexity index is 1310. The number of hydrogen-bond acceptors (Lipinski definition) is 5. The largest absolute Gasteiger partial charge is 0.486 e. The first kappa shape index (κ1) is 22.2. The third-order valence-corrected chi connectivity index (χ3v) is 5.14. The van der Waals surface area contributed by atoms with Crippen LogP contribution in [-0.4, -0.2) is 21.6 Å². The number of carbonyl (C=O) groups is 2. The molecule has 33 heavy (non-hydrogen) atoms. The van der Waals surface area contributed by atoms with Crippen molar-refractivity contribution in [2.45, 2.75) is 13.5 Å². The van der Waals surface area contributed by atoms with Crippen LogP contribution in [-0.2, 0) is 13.7 Å². The van der Waals surface area contributed by atoms with E-state index in [-0.39, 0.29) is 18.3 Å². The Hall–Kier alpha value is -4.04. The standard InChI is InChI=1S/C24H21ClN4O4/c1-15-12-18(6-8-20(15)25)32-14-19-7-9-22(33-19)24(31)27-17-5-3-4-16(13-17)26-23(30)21-10-11-29(2)28-21/h3-13H,14H2,1-2H3,(H,26,30)(H,27,31). The van der Waals surface area contributed by atoms with Gasteiger partial charge in [0.25, 0.3) is 11.8 Å². The summed E-state index contributed by atoms with van der Waals surface area (Å²) in [5.74, 6) is 0.541. The number of ether oxygens (including phenoxy) is 1. The average molecular weight is 465 g/mol. The first-order chi connectivity index (χ1) is 15.9. The monoisotopic (exact) mass is 464 g/mol. The molecule has 2 amide bonds. The molecule has 8 nitrogen and oxygen atoms in total. The minimum absolute atomic E-state index is 0.142. The molecule has 168 valence electrons. The molecule has 0 unspecified atom stereocenters. The lowest BCUT2D eigenvalue weighted by atomic mass is 10.2. The normalized spacial score (nSPS) is 10.6. The SMILES string of the molecule is Cc1cc(OCc2ccc(C(=O)Nc3cccc(NC(=O)c4ccn(C)n4)c3)o2)ccc1Cl.